The van der Waals surface area contributed by atoms with Gasteiger partial charge < -0.3 is 10.2 Å². The van der Waals surface area contributed by atoms with E-state index in [9.17, 15) is 19.2 Å². The summed E-state index contributed by atoms with van der Waals surface area (Å²) in [7, 11) is 0. The topological polar surface area (TPSA) is 112 Å². The van der Waals surface area contributed by atoms with Crippen molar-refractivity contribution in [2.45, 2.75) is 12.5 Å². The van der Waals surface area contributed by atoms with E-state index in [-0.39, 0.29) is 11.1 Å². The number of aliphatic carboxylic acids is 2. The summed E-state index contributed by atoms with van der Waals surface area (Å²) in [5.74, 6) is -4.50. The summed E-state index contributed by atoms with van der Waals surface area (Å²) in [6, 6.07) is 4.18. The lowest BCUT2D eigenvalue weighted by Gasteiger charge is -2.20. The molecule has 2 amide bonds. The minimum absolute atomic E-state index is 0.0872. The predicted molar refractivity (Wildman–Crippen MR) is 60.6 cm³/mol. The van der Waals surface area contributed by atoms with Gasteiger partial charge in [-0.25, -0.2) is 4.79 Å². The highest BCUT2D eigenvalue weighted by molar-refractivity contribution is 6.22. The van der Waals surface area contributed by atoms with Crippen LogP contribution in [0.1, 0.15) is 27.1 Å². The summed E-state index contributed by atoms with van der Waals surface area (Å²) in [5, 5.41) is 17.7. The minimum atomic E-state index is -1.70. The molecule has 98 valence electrons. The van der Waals surface area contributed by atoms with Crippen molar-refractivity contribution in [3.05, 3.63) is 35.4 Å². The van der Waals surface area contributed by atoms with Gasteiger partial charge in [0.25, 0.3) is 11.8 Å². The average Bonchev–Trinajstić information content (AvgIpc) is 2.60. The van der Waals surface area contributed by atoms with E-state index in [1.165, 1.54) is 12.1 Å². The van der Waals surface area contributed by atoms with Crippen LogP contribution in [-0.4, -0.2) is 44.9 Å². The van der Waals surface area contributed by atoms with Gasteiger partial charge in [0, 0.05) is 0 Å². The van der Waals surface area contributed by atoms with Crippen LogP contribution in [0.2, 0.25) is 0 Å². The van der Waals surface area contributed by atoms with Crippen LogP contribution in [0, 0.1) is 0 Å². The second kappa shape index (κ2) is 4.52. The zero-order valence-corrected chi connectivity index (χ0v) is 9.57. The number of carboxylic acids is 2. The van der Waals surface area contributed by atoms with Crippen LogP contribution in [0.25, 0.3) is 0 Å². The van der Waals surface area contributed by atoms with Crippen molar-refractivity contribution in [2.24, 2.45) is 0 Å². The van der Waals surface area contributed by atoms with Gasteiger partial charge in [-0.15, -0.1) is 0 Å². The Morgan fingerprint density at radius 3 is 1.89 bits per heavy atom. The molecule has 0 saturated heterocycles. The summed E-state index contributed by atoms with van der Waals surface area (Å²) in [5.41, 5.74) is 0.174. The minimum Gasteiger partial charge on any atom is -0.481 e. The van der Waals surface area contributed by atoms with Crippen LogP contribution >= 0.6 is 0 Å². The molecular weight excluding hydrogens is 254 g/mol. The third-order valence-corrected chi connectivity index (χ3v) is 2.79. The molecule has 0 radical (unpaired) electrons. The molecule has 1 atom stereocenters. The van der Waals surface area contributed by atoms with E-state index in [1.807, 2.05) is 0 Å². The molecule has 7 heteroatoms. The van der Waals surface area contributed by atoms with Crippen LogP contribution in [0.5, 0.6) is 0 Å². The Morgan fingerprint density at radius 1 is 1.05 bits per heavy atom. The van der Waals surface area contributed by atoms with E-state index in [0.29, 0.717) is 4.90 Å². The second-order valence-corrected chi connectivity index (χ2v) is 3.98. The van der Waals surface area contributed by atoms with Gasteiger partial charge in [-0.3, -0.25) is 19.3 Å². The number of benzene rings is 1. The third-order valence-electron chi connectivity index (χ3n) is 2.79. The molecule has 1 aliphatic heterocycles. The molecule has 1 aliphatic rings. The molecule has 0 saturated carbocycles. The lowest BCUT2D eigenvalue weighted by molar-refractivity contribution is -0.147. The van der Waals surface area contributed by atoms with E-state index >= 15 is 0 Å². The smallest absolute Gasteiger partial charge is 0.327 e. The van der Waals surface area contributed by atoms with Crippen molar-refractivity contribution in [3.8, 4) is 0 Å². The Labute approximate surface area is 107 Å². The summed E-state index contributed by atoms with van der Waals surface area (Å²) in [6.07, 6.45) is -0.833. The van der Waals surface area contributed by atoms with E-state index in [0.717, 1.165) is 0 Å². The van der Waals surface area contributed by atoms with Crippen LogP contribution in [-0.2, 0) is 9.59 Å². The van der Waals surface area contributed by atoms with E-state index < -0.39 is 36.2 Å². The number of hydrogen-bond acceptors (Lipinski definition) is 4. The zero-order chi connectivity index (χ0) is 14.2. The number of hydrogen-bond donors (Lipinski definition) is 2. The van der Waals surface area contributed by atoms with Crippen molar-refractivity contribution >= 4 is 23.8 Å². The fourth-order valence-corrected chi connectivity index (χ4v) is 1.95. The molecule has 7 nitrogen and oxygen atoms in total. The average molecular weight is 263 g/mol. The van der Waals surface area contributed by atoms with Gasteiger partial charge in [0.05, 0.1) is 17.5 Å². The number of fused-ring (bicyclic) bond motifs is 1. The Balaban J connectivity index is 2.42. The maximum absolute atomic E-state index is 12.0. The van der Waals surface area contributed by atoms with Crippen LogP contribution in [0.3, 0.4) is 0 Å². The molecule has 0 aliphatic carbocycles. The highest BCUT2D eigenvalue weighted by atomic mass is 16.4. The van der Waals surface area contributed by atoms with Gasteiger partial charge in [-0.2, -0.15) is 0 Å². The molecule has 2 rings (SSSR count). The van der Waals surface area contributed by atoms with Gasteiger partial charge in [0.1, 0.15) is 6.04 Å². The van der Waals surface area contributed by atoms with Gasteiger partial charge >= 0.3 is 11.9 Å². The lowest BCUT2D eigenvalue weighted by Crippen LogP contribution is -2.46. The lowest BCUT2D eigenvalue weighted by atomic mass is 10.1. The maximum Gasteiger partial charge on any atom is 0.327 e. The molecule has 0 bridgehead atoms. The predicted octanol–water partition coefficient (Wildman–Crippen LogP) is 0.210. The Morgan fingerprint density at radius 2 is 1.53 bits per heavy atom. The van der Waals surface area contributed by atoms with Crippen LogP contribution in [0.4, 0.5) is 0 Å². The van der Waals surface area contributed by atoms with Gasteiger partial charge in [0.2, 0.25) is 0 Å². The molecule has 2 N–H and O–H groups in total. The first kappa shape index (κ1) is 12.7. The zero-order valence-electron chi connectivity index (χ0n) is 9.57. The third kappa shape index (κ3) is 2.05. The fourth-order valence-electron chi connectivity index (χ4n) is 1.95. The molecule has 0 aromatic heterocycles. The highest BCUT2D eigenvalue weighted by Gasteiger charge is 2.43. The van der Waals surface area contributed by atoms with E-state index in [4.69, 9.17) is 10.2 Å². The number of nitrogens with zero attached hydrogens (tertiary/aromatic N) is 1. The SMILES string of the molecule is O=C(O)CC(C(=O)O)N1C(=O)c2ccccc2C1=O. The van der Waals surface area contributed by atoms with Crippen molar-refractivity contribution in [1.82, 2.24) is 4.90 Å². The van der Waals surface area contributed by atoms with Gasteiger partial charge in [0.15, 0.2) is 0 Å². The summed E-state index contributed by atoms with van der Waals surface area (Å²) in [6.45, 7) is 0. The quantitative estimate of drug-likeness (QED) is 0.751. The van der Waals surface area contributed by atoms with Crippen LogP contribution in [0.15, 0.2) is 24.3 Å². The van der Waals surface area contributed by atoms with Crippen LogP contribution < -0.4 is 0 Å². The molecule has 1 aromatic carbocycles. The van der Waals surface area contributed by atoms with Gasteiger partial charge in [-0.1, -0.05) is 12.1 Å². The van der Waals surface area contributed by atoms with Crippen molar-refractivity contribution < 1.29 is 29.4 Å². The fraction of sp³-hybridized carbons (Fsp3) is 0.167. The van der Waals surface area contributed by atoms with E-state index in [1.54, 1.807) is 12.1 Å². The monoisotopic (exact) mass is 263 g/mol. The molecular formula is C12H9NO6. The van der Waals surface area contributed by atoms with Crippen molar-refractivity contribution in [2.75, 3.05) is 0 Å². The molecule has 1 unspecified atom stereocenters. The highest BCUT2D eigenvalue weighted by Crippen LogP contribution is 2.25. The summed E-state index contributed by atoms with van der Waals surface area (Å²) in [4.78, 5) is 46.2. The molecule has 0 fully saturated rings. The molecule has 19 heavy (non-hydrogen) atoms. The number of carbonyl (C=O) groups is 4. The molecule has 1 heterocycles. The first-order chi connectivity index (χ1) is 8.93. The van der Waals surface area contributed by atoms with Gasteiger partial charge in [-0.05, 0) is 12.1 Å². The van der Waals surface area contributed by atoms with Crippen molar-refractivity contribution in [3.63, 3.8) is 0 Å². The summed E-state index contributed by atoms with van der Waals surface area (Å²) >= 11 is 0. The number of carboxylic acid groups (broad SMARTS) is 2. The number of amides is 2. The van der Waals surface area contributed by atoms with E-state index in [2.05, 4.69) is 0 Å². The normalized spacial score (nSPS) is 15.3. The Kier molecular flexibility index (Phi) is 3.04. The largest absolute Gasteiger partial charge is 0.481 e. The number of carbonyl (C=O) groups excluding carboxylic acids is 2. The first-order valence-corrected chi connectivity index (χ1v) is 5.35. The summed E-state index contributed by atoms with van der Waals surface area (Å²) < 4.78 is 0. The molecule has 0 spiro atoms. The standard InChI is InChI=1S/C12H9NO6/c14-9(15)5-8(12(18)19)13-10(16)6-3-1-2-4-7(6)11(13)17/h1-4,8H,5H2,(H,14,15)(H,18,19). The maximum atomic E-state index is 12.0. The number of imide groups is 1. The second-order valence-electron chi connectivity index (χ2n) is 3.98. The Bertz CT molecular complexity index is 559. The molecule has 1 aromatic rings. The Hall–Kier alpha value is -2.70. The van der Waals surface area contributed by atoms with Crippen molar-refractivity contribution in [1.29, 1.82) is 0 Å². The number of rotatable bonds is 4. The first-order valence-electron chi connectivity index (χ1n) is 5.35.